The van der Waals surface area contributed by atoms with Crippen molar-refractivity contribution in [1.29, 1.82) is 0 Å². The minimum absolute atomic E-state index is 0.584. The van der Waals surface area contributed by atoms with E-state index in [9.17, 15) is 26.3 Å². The van der Waals surface area contributed by atoms with Crippen molar-refractivity contribution in [2.75, 3.05) is 80.5 Å². The van der Waals surface area contributed by atoms with E-state index in [4.69, 9.17) is 15.0 Å². The van der Waals surface area contributed by atoms with Crippen LogP contribution >= 0.6 is 0 Å². The highest BCUT2D eigenvalue weighted by molar-refractivity contribution is 5.85. The number of fused-ring (bicyclic) bond motifs is 12. The lowest BCUT2D eigenvalue weighted by Crippen LogP contribution is -2.55. The molecule has 2 unspecified atom stereocenters. The molecule has 102 heavy (non-hydrogen) atoms. The summed E-state index contributed by atoms with van der Waals surface area (Å²) in [6.07, 6.45) is 10.7. The van der Waals surface area contributed by atoms with Gasteiger partial charge in [-0.15, -0.1) is 0 Å². The molecule has 0 bridgehead atoms. The third-order valence-corrected chi connectivity index (χ3v) is 22.1. The van der Waals surface area contributed by atoms with E-state index in [0.717, 1.165) is 180 Å². The maximum atomic E-state index is 12.6. The fourth-order valence-electron chi connectivity index (χ4n) is 16.7. The monoisotopic (exact) mass is 1400 g/mol. The second kappa shape index (κ2) is 30.9. The van der Waals surface area contributed by atoms with Gasteiger partial charge in [-0.25, -0.2) is 9.97 Å². The van der Waals surface area contributed by atoms with Crippen LogP contribution in [0.1, 0.15) is 126 Å². The third kappa shape index (κ3) is 15.8. The number of piperidine rings is 1. The number of aryl methyl sites for hydroxylation is 6. The van der Waals surface area contributed by atoms with Crippen LogP contribution in [0.3, 0.4) is 0 Å². The first kappa shape index (κ1) is 72.6. The molecule has 4 atom stereocenters. The molecule has 0 saturated carbocycles. The Hall–Kier alpha value is -7.71. The van der Waals surface area contributed by atoms with Gasteiger partial charge in [0.1, 0.15) is 16.9 Å². The number of hydrogen-bond donors (Lipinski definition) is 1. The summed E-state index contributed by atoms with van der Waals surface area (Å²) >= 11 is 0. The number of likely N-dealkylation sites (tertiary alicyclic amines) is 1. The highest BCUT2D eigenvalue weighted by Gasteiger charge is 2.35. The van der Waals surface area contributed by atoms with E-state index in [1.54, 1.807) is 12.4 Å². The number of likely N-dealkylation sites (N-methyl/N-ethyl adjacent to an activating group) is 4. The second-order valence-corrected chi connectivity index (χ2v) is 29.6. The summed E-state index contributed by atoms with van der Waals surface area (Å²) in [7, 11) is 8.63. The second-order valence-electron chi connectivity index (χ2n) is 29.6. The molecular formula is C78H100F6N18. The van der Waals surface area contributed by atoms with Crippen molar-refractivity contribution < 1.29 is 26.3 Å². The minimum atomic E-state index is -4.40. The molecule has 10 aromatic rings. The van der Waals surface area contributed by atoms with Gasteiger partial charge >= 0.3 is 12.4 Å². The maximum absolute atomic E-state index is 12.6. The van der Waals surface area contributed by atoms with E-state index < -0.39 is 23.7 Å². The van der Waals surface area contributed by atoms with Crippen molar-refractivity contribution in [3.63, 3.8) is 0 Å². The van der Waals surface area contributed by atoms with Gasteiger partial charge in [0.2, 0.25) is 0 Å². The van der Waals surface area contributed by atoms with Crippen LogP contribution < -0.4 is 5.32 Å². The van der Waals surface area contributed by atoms with Crippen LogP contribution in [-0.4, -0.2) is 187 Å². The Morgan fingerprint density at radius 1 is 0.441 bits per heavy atom. The molecule has 16 heterocycles. The number of nitrogens with one attached hydrogen (secondary N) is 1. The van der Waals surface area contributed by atoms with E-state index in [0.29, 0.717) is 50.1 Å². The number of rotatable bonds is 12. The molecule has 24 heteroatoms. The van der Waals surface area contributed by atoms with E-state index in [-0.39, 0.29) is 0 Å². The molecule has 16 rings (SSSR count). The van der Waals surface area contributed by atoms with Crippen molar-refractivity contribution >= 4 is 44.1 Å². The number of alkyl halides is 6. The van der Waals surface area contributed by atoms with Crippen molar-refractivity contribution in [3.8, 4) is 0 Å². The van der Waals surface area contributed by atoms with Crippen molar-refractivity contribution in [3.05, 3.63) is 171 Å². The Morgan fingerprint density at radius 2 is 0.922 bits per heavy atom. The molecule has 0 aromatic carbocycles. The minimum Gasteiger partial charge on any atom is -0.343 e. The third-order valence-electron chi connectivity index (χ3n) is 22.1. The smallest absolute Gasteiger partial charge is 0.343 e. The van der Waals surface area contributed by atoms with Gasteiger partial charge in [0.05, 0.1) is 45.7 Å². The number of pyridine rings is 5. The summed E-state index contributed by atoms with van der Waals surface area (Å²) in [5.74, 6) is 0. The van der Waals surface area contributed by atoms with E-state index >= 15 is 0 Å². The first-order chi connectivity index (χ1) is 48.9. The van der Waals surface area contributed by atoms with Crippen molar-refractivity contribution in [2.45, 2.75) is 188 Å². The predicted molar refractivity (Wildman–Crippen MR) is 390 cm³/mol. The molecule has 2 saturated heterocycles. The molecule has 6 aliphatic rings. The van der Waals surface area contributed by atoms with Crippen LogP contribution in [-0.2, 0) is 103 Å². The van der Waals surface area contributed by atoms with Gasteiger partial charge < -0.3 is 43.2 Å². The zero-order valence-corrected chi connectivity index (χ0v) is 61.0. The lowest BCUT2D eigenvalue weighted by Gasteiger charge is -2.39. The lowest BCUT2D eigenvalue weighted by molar-refractivity contribution is -0.142. The molecule has 0 spiro atoms. The fraction of sp³-hybridized carbons (Fsp3) is 0.526. The van der Waals surface area contributed by atoms with Crippen molar-refractivity contribution in [1.82, 2.24) is 87.9 Å². The van der Waals surface area contributed by atoms with Gasteiger partial charge in [-0.1, -0.05) is 18.6 Å². The van der Waals surface area contributed by atoms with E-state index in [1.165, 1.54) is 105 Å². The number of piperazine rings is 1. The normalized spacial score (nSPS) is 20.3. The molecule has 0 radical (unpaired) electrons. The lowest BCUT2D eigenvalue weighted by atomic mass is 9.97. The van der Waals surface area contributed by atoms with Gasteiger partial charge in [-0.3, -0.25) is 34.7 Å². The number of nitrogens with zero attached hydrogens (tertiary/aromatic N) is 17. The molecule has 18 nitrogen and oxygen atoms in total. The largest absolute Gasteiger partial charge is 0.433 e. The summed E-state index contributed by atoms with van der Waals surface area (Å²) in [6, 6.07) is 18.2. The highest BCUT2D eigenvalue weighted by Crippen LogP contribution is 2.36. The van der Waals surface area contributed by atoms with E-state index in [1.807, 2.05) is 31.5 Å². The molecule has 0 aliphatic carbocycles. The summed E-state index contributed by atoms with van der Waals surface area (Å²) in [5, 5.41) is 4.74. The quantitative estimate of drug-likeness (QED) is 0.116. The Bertz CT molecular complexity index is 4230. The predicted octanol–water partition coefficient (Wildman–Crippen LogP) is 12.4. The maximum Gasteiger partial charge on any atom is 0.433 e. The Kier molecular flexibility index (Phi) is 22.0. The van der Waals surface area contributed by atoms with Gasteiger partial charge in [-0.05, 0) is 155 Å². The SMILES string of the molecule is CN1CCc2c(c3ccncc3n2CCc2ccc(C(F)(F)F)nc2)C1.CN1CCc2c(c3ncccc3n2CCc2ccc(C(F)(F)F)nc2)C1.Cc1ccc2c(n1)c1c(n2CCN2C(C)CCCC2C)CCN(C)C1.Cc1cnc2c(n1)c1c(n2CCN2[C@H](C)CNC[C@H]2C)CCN(C)C1. The Labute approximate surface area is 595 Å². The van der Waals surface area contributed by atoms with Gasteiger partial charge in [0, 0.05) is 230 Å². The number of aromatic nitrogens is 11. The van der Waals surface area contributed by atoms with Gasteiger partial charge in [0.15, 0.2) is 5.65 Å². The summed E-state index contributed by atoms with van der Waals surface area (Å²) in [5.41, 5.74) is 21.0. The molecule has 0 amide bonds. The summed E-state index contributed by atoms with van der Waals surface area (Å²) < 4.78 is 85.4. The number of halogens is 6. The van der Waals surface area contributed by atoms with Gasteiger partial charge in [-0.2, -0.15) is 26.3 Å². The first-order valence-corrected chi connectivity index (χ1v) is 36.7. The molecule has 544 valence electrons. The Balaban J connectivity index is 0.000000121. The average molecular weight is 1400 g/mol. The first-order valence-electron chi connectivity index (χ1n) is 36.7. The molecule has 6 aliphatic heterocycles. The standard InChI is InChI=1S/C21H32N4.2C19H19F3N4.C19H30N6/c1-15-8-9-20-21(22-15)18-14-23(4)11-10-19(18)25(20)13-12-24-16(2)6-5-7-17(24)3;1-25-8-6-16-15(12-25)14-4-7-23-11-17(14)26(16)9-5-13-2-3-18(24-10-13)19(20,21)22;1-25-9-7-15-14(12-25)18-16(3-2-8-23-18)26(15)10-6-13-4-5-17(24-11-13)19(20,21)22;1-13-9-21-19-18(22-13)16-12-23(4)6-5-17(16)25(19)8-7-24-14(2)10-20-11-15(24)3/h8-9,16-17H,5-7,10-14H2,1-4H3;2-4,7,10-11H,5-6,8-9,12H2,1H3;2-5,8,11H,6-7,9-10,12H2,1H3;9,14-15,20H,5-8,10-12H2,1-4H3/t;;;14-,15-/m...1/s1. The molecular weight excluding hydrogens is 1300 g/mol. The summed E-state index contributed by atoms with van der Waals surface area (Å²) in [4.78, 5) is 45.2. The molecule has 10 aromatic heterocycles. The topological polar surface area (TPSA) is 141 Å². The number of hydrogen-bond acceptors (Lipinski definition) is 14. The average Bonchev–Trinajstić information content (AvgIpc) is 1.63. The fourth-order valence-corrected chi connectivity index (χ4v) is 16.7. The Morgan fingerprint density at radius 3 is 1.48 bits per heavy atom. The van der Waals surface area contributed by atoms with Crippen LogP contribution in [0.2, 0.25) is 0 Å². The zero-order chi connectivity index (χ0) is 71.7. The molecule has 1 N–H and O–H groups in total. The summed E-state index contributed by atoms with van der Waals surface area (Å²) in [6.45, 7) is 29.5. The van der Waals surface area contributed by atoms with Gasteiger partial charge in [0.25, 0.3) is 0 Å². The van der Waals surface area contributed by atoms with Crippen LogP contribution in [0.25, 0.3) is 44.1 Å². The van der Waals surface area contributed by atoms with Crippen LogP contribution in [0.4, 0.5) is 26.3 Å². The van der Waals surface area contributed by atoms with E-state index in [2.05, 4.69) is 154 Å². The highest BCUT2D eigenvalue weighted by atomic mass is 19.4. The van der Waals surface area contributed by atoms with Crippen LogP contribution in [0.5, 0.6) is 0 Å². The van der Waals surface area contributed by atoms with Crippen LogP contribution in [0, 0.1) is 13.8 Å². The zero-order valence-electron chi connectivity index (χ0n) is 61.0. The van der Waals surface area contributed by atoms with Crippen molar-refractivity contribution in [2.24, 2.45) is 0 Å². The van der Waals surface area contributed by atoms with Crippen LogP contribution in [0.15, 0.2) is 91.8 Å². The molecule has 2 fully saturated rings.